The molecule has 0 aliphatic rings. The van der Waals surface area contributed by atoms with Crippen molar-refractivity contribution in [2.45, 2.75) is 0 Å². The van der Waals surface area contributed by atoms with Crippen LogP contribution in [0.5, 0.6) is 0 Å². The first-order valence-electron chi connectivity index (χ1n) is 3.77. The molecule has 3 nitrogen and oxygen atoms in total. The maximum Gasteiger partial charge on any atom is 0.269 e. The van der Waals surface area contributed by atoms with Gasteiger partial charge in [-0.3, -0.25) is 10.1 Å². The summed E-state index contributed by atoms with van der Waals surface area (Å²) in [4.78, 5) is 9.88. The Labute approximate surface area is 76.2 Å². The van der Waals surface area contributed by atoms with E-state index < -0.39 is 4.92 Å². The molecule has 0 N–H and O–H groups in total. The second-order valence-corrected chi connectivity index (χ2v) is 2.44. The number of hydrogen-bond donors (Lipinski definition) is 0. The molecule has 0 unspecified atom stereocenters. The van der Waals surface area contributed by atoms with E-state index in [9.17, 15) is 10.1 Å². The van der Waals surface area contributed by atoms with Crippen LogP contribution in [-0.2, 0) is 0 Å². The van der Waals surface area contributed by atoms with E-state index >= 15 is 0 Å². The number of allylic oxidation sites excluding steroid dienone is 2. The maximum atomic E-state index is 10.3. The lowest BCUT2D eigenvalue weighted by atomic mass is 10.2. The Balaban J connectivity index is 2.87. The highest BCUT2D eigenvalue weighted by Crippen LogP contribution is 2.12. The molecular formula is C10H9NO2. The Hall–Kier alpha value is -1.90. The van der Waals surface area contributed by atoms with Crippen molar-refractivity contribution in [3.05, 3.63) is 58.7 Å². The van der Waals surface area contributed by atoms with Crippen molar-refractivity contribution in [1.29, 1.82) is 0 Å². The third-order valence-corrected chi connectivity index (χ3v) is 1.53. The fourth-order valence-electron chi connectivity index (χ4n) is 0.886. The van der Waals surface area contributed by atoms with Crippen LogP contribution in [0, 0.1) is 10.1 Å². The SMILES string of the molecule is C=CC=Cc1ccc([N+](=O)[O-])cc1. The van der Waals surface area contributed by atoms with Gasteiger partial charge in [-0.25, -0.2) is 0 Å². The summed E-state index contributed by atoms with van der Waals surface area (Å²) in [6.07, 6.45) is 5.26. The summed E-state index contributed by atoms with van der Waals surface area (Å²) in [7, 11) is 0. The zero-order chi connectivity index (χ0) is 9.68. The van der Waals surface area contributed by atoms with Crippen LogP contribution >= 0.6 is 0 Å². The van der Waals surface area contributed by atoms with Crippen molar-refractivity contribution >= 4 is 11.8 Å². The Morgan fingerprint density at radius 2 is 1.92 bits per heavy atom. The molecule has 0 aromatic heterocycles. The van der Waals surface area contributed by atoms with Crippen molar-refractivity contribution in [2.75, 3.05) is 0 Å². The molecule has 0 saturated heterocycles. The number of benzene rings is 1. The van der Waals surface area contributed by atoms with Crippen LogP contribution in [0.15, 0.2) is 43.0 Å². The molecule has 66 valence electrons. The Morgan fingerprint density at radius 3 is 2.38 bits per heavy atom. The van der Waals surface area contributed by atoms with E-state index in [1.807, 2.05) is 6.08 Å². The highest BCUT2D eigenvalue weighted by atomic mass is 16.6. The number of rotatable bonds is 3. The highest BCUT2D eigenvalue weighted by molar-refractivity contribution is 5.52. The fourth-order valence-corrected chi connectivity index (χ4v) is 0.886. The molecule has 1 rings (SSSR count). The van der Waals surface area contributed by atoms with Gasteiger partial charge >= 0.3 is 0 Å². The third-order valence-electron chi connectivity index (χ3n) is 1.53. The summed E-state index contributed by atoms with van der Waals surface area (Å²) >= 11 is 0. The predicted octanol–water partition coefficient (Wildman–Crippen LogP) is 2.79. The zero-order valence-corrected chi connectivity index (χ0v) is 7.01. The topological polar surface area (TPSA) is 43.1 Å². The minimum Gasteiger partial charge on any atom is -0.258 e. The minimum atomic E-state index is -0.416. The van der Waals surface area contributed by atoms with E-state index in [4.69, 9.17) is 0 Å². The van der Waals surface area contributed by atoms with Gasteiger partial charge in [-0.15, -0.1) is 0 Å². The normalized spacial score (nSPS) is 10.2. The van der Waals surface area contributed by atoms with E-state index in [0.717, 1.165) is 5.56 Å². The summed E-state index contributed by atoms with van der Waals surface area (Å²) in [6.45, 7) is 3.53. The molecule has 0 saturated carbocycles. The molecule has 0 bridgehead atoms. The van der Waals surface area contributed by atoms with Crippen molar-refractivity contribution in [3.63, 3.8) is 0 Å². The number of nitro benzene ring substituents is 1. The first kappa shape index (κ1) is 9.19. The first-order chi connectivity index (χ1) is 6.24. The van der Waals surface area contributed by atoms with Gasteiger partial charge in [-0.05, 0) is 17.7 Å². The smallest absolute Gasteiger partial charge is 0.258 e. The highest BCUT2D eigenvalue weighted by Gasteiger charge is 2.01. The van der Waals surface area contributed by atoms with Crippen LogP contribution in [0.2, 0.25) is 0 Å². The quantitative estimate of drug-likeness (QED) is 0.402. The van der Waals surface area contributed by atoms with E-state index in [1.54, 1.807) is 24.3 Å². The second-order valence-electron chi connectivity index (χ2n) is 2.44. The van der Waals surface area contributed by atoms with Crippen molar-refractivity contribution in [1.82, 2.24) is 0 Å². The van der Waals surface area contributed by atoms with Gasteiger partial charge in [0.15, 0.2) is 0 Å². The van der Waals surface area contributed by atoms with Gasteiger partial charge in [0.25, 0.3) is 5.69 Å². The lowest BCUT2D eigenvalue weighted by Crippen LogP contribution is -1.86. The summed E-state index contributed by atoms with van der Waals surface area (Å²) < 4.78 is 0. The number of hydrogen-bond acceptors (Lipinski definition) is 2. The molecule has 3 heteroatoms. The predicted molar refractivity (Wildman–Crippen MR) is 52.3 cm³/mol. The fraction of sp³-hybridized carbons (Fsp3) is 0. The average Bonchev–Trinajstić information content (AvgIpc) is 2.15. The van der Waals surface area contributed by atoms with Gasteiger partial charge in [0.05, 0.1) is 4.92 Å². The van der Waals surface area contributed by atoms with Gasteiger partial charge in [-0.1, -0.05) is 24.8 Å². The van der Waals surface area contributed by atoms with Crippen molar-refractivity contribution in [2.24, 2.45) is 0 Å². The van der Waals surface area contributed by atoms with E-state index in [1.165, 1.54) is 12.1 Å². The van der Waals surface area contributed by atoms with Crippen LogP contribution < -0.4 is 0 Å². The molecule has 13 heavy (non-hydrogen) atoms. The first-order valence-corrected chi connectivity index (χ1v) is 3.77. The zero-order valence-electron chi connectivity index (χ0n) is 7.01. The molecule has 0 atom stereocenters. The van der Waals surface area contributed by atoms with Gasteiger partial charge in [0.1, 0.15) is 0 Å². The van der Waals surface area contributed by atoms with Crippen LogP contribution in [0.25, 0.3) is 6.08 Å². The number of nitrogens with zero attached hydrogens (tertiary/aromatic N) is 1. The summed E-state index contributed by atoms with van der Waals surface area (Å²) in [6, 6.07) is 6.34. The van der Waals surface area contributed by atoms with Crippen molar-refractivity contribution in [3.8, 4) is 0 Å². The van der Waals surface area contributed by atoms with Crippen molar-refractivity contribution < 1.29 is 4.92 Å². The number of non-ortho nitro benzene ring substituents is 1. The van der Waals surface area contributed by atoms with Gasteiger partial charge in [0.2, 0.25) is 0 Å². The van der Waals surface area contributed by atoms with Crippen LogP contribution in [0.1, 0.15) is 5.56 Å². The molecule has 0 aliphatic carbocycles. The van der Waals surface area contributed by atoms with Crippen LogP contribution in [0.3, 0.4) is 0 Å². The van der Waals surface area contributed by atoms with E-state index in [0.29, 0.717) is 0 Å². The number of nitro groups is 1. The van der Waals surface area contributed by atoms with Gasteiger partial charge < -0.3 is 0 Å². The summed E-state index contributed by atoms with van der Waals surface area (Å²) in [5.74, 6) is 0. The van der Waals surface area contributed by atoms with E-state index in [-0.39, 0.29) is 5.69 Å². The molecular weight excluding hydrogens is 166 g/mol. The average molecular weight is 175 g/mol. The Morgan fingerprint density at radius 1 is 1.31 bits per heavy atom. The van der Waals surface area contributed by atoms with Gasteiger partial charge in [0, 0.05) is 12.1 Å². The maximum absolute atomic E-state index is 10.3. The molecule has 0 radical (unpaired) electrons. The Bertz CT molecular complexity index is 338. The Kier molecular flexibility index (Phi) is 2.97. The monoisotopic (exact) mass is 175 g/mol. The second kappa shape index (κ2) is 4.21. The standard InChI is InChI=1S/C10H9NO2/c1-2-3-4-9-5-7-10(8-6-9)11(12)13/h2-8H,1H2. The minimum absolute atomic E-state index is 0.107. The molecule has 0 spiro atoms. The third kappa shape index (κ3) is 2.56. The van der Waals surface area contributed by atoms with Crippen LogP contribution in [-0.4, -0.2) is 4.92 Å². The molecule has 0 aliphatic heterocycles. The molecule has 1 aromatic carbocycles. The molecule has 0 heterocycles. The molecule has 0 amide bonds. The van der Waals surface area contributed by atoms with E-state index in [2.05, 4.69) is 6.58 Å². The molecule has 0 fully saturated rings. The lowest BCUT2D eigenvalue weighted by molar-refractivity contribution is -0.384. The van der Waals surface area contributed by atoms with Crippen LogP contribution in [0.4, 0.5) is 5.69 Å². The largest absolute Gasteiger partial charge is 0.269 e. The summed E-state index contributed by atoms with van der Waals surface area (Å²) in [5.41, 5.74) is 1.03. The summed E-state index contributed by atoms with van der Waals surface area (Å²) in [5, 5.41) is 10.3. The lowest BCUT2D eigenvalue weighted by Gasteiger charge is -1.92. The molecule has 1 aromatic rings. The van der Waals surface area contributed by atoms with Gasteiger partial charge in [-0.2, -0.15) is 0 Å².